The molecule has 0 spiro atoms. The van der Waals surface area contributed by atoms with E-state index in [1.54, 1.807) is 41.5 Å². The molecule has 5 nitrogen and oxygen atoms in total. The lowest BCUT2D eigenvalue weighted by Crippen LogP contribution is -2.30. The van der Waals surface area contributed by atoms with Crippen molar-refractivity contribution in [2.45, 2.75) is 19.4 Å². The number of amides is 2. The standard InChI is InChI=1S/C22H20N2O3/c25-21(16-8-9-16)23-18-12-10-17(11-13-18)22(26)24(15-20-7-4-14-27-20)19-5-2-1-3-6-19/h1-7,10-14,16H,8-9,15H2,(H,23,25). The van der Waals surface area contributed by atoms with Gasteiger partial charge >= 0.3 is 0 Å². The fourth-order valence-electron chi connectivity index (χ4n) is 2.89. The van der Waals surface area contributed by atoms with Gasteiger partial charge in [0.15, 0.2) is 0 Å². The molecule has 0 aliphatic heterocycles. The lowest BCUT2D eigenvalue weighted by Gasteiger charge is -2.22. The Morgan fingerprint density at radius 3 is 2.33 bits per heavy atom. The van der Waals surface area contributed by atoms with E-state index in [1.165, 1.54) is 0 Å². The zero-order valence-electron chi connectivity index (χ0n) is 14.8. The maximum absolute atomic E-state index is 13.1. The van der Waals surface area contributed by atoms with Crippen molar-refractivity contribution in [1.82, 2.24) is 0 Å². The number of hydrogen-bond acceptors (Lipinski definition) is 3. The zero-order valence-corrected chi connectivity index (χ0v) is 14.8. The number of nitrogens with one attached hydrogen (secondary N) is 1. The zero-order chi connectivity index (χ0) is 18.6. The number of furan rings is 1. The molecule has 5 heteroatoms. The molecule has 1 aliphatic carbocycles. The van der Waals surface area contributed by atoms with Gasteiger partial charge in [0.1, 0.15) is 5.76 Å². The predicted octanol–water partition coefficient (Wildman–Crippen LogP) is 4.48. The van der Waals surface area contributed by atoms with Crippen molar-refractivity contribution >= 4 is 23.2 Å². The second-order valence-electron chi connectivity index (χ2n) is 6.65. The Kier molecular flexibility index (Phi) is 4.75. The van der Waals surface area contributed by atoms with Crippen molar-refractivity contribution in [3.8, 4) is 0 Å². The molecule has 1 aliphatic rings. The molecular weight excluding hydrogens is 340 g/mol. The molecule has 136 valence electrons. The number of carbonyl (C=O) groups is 2. The van der Waals surface area contributed by atoms with Gasteiger partial charge in [-0.2, -0.15) is 0 Å². The van der Waals surface area contributed by atoms with Gasteiger partial charge in [-0.3, -0.25) is 9.59 Å². The van der Waals surface area contributed by atoms with Crippen molar-refractivity contribution in [3.63, 3.8) is 0 Å². The normalized spacial score (nSPS) is 13.2. The van der Waals surface area contributed by atoms with Crippen LogP contribution in [-0.2, 0) is 11.3 Å². The lowest BCUT2D eigenvalue weighted by molar-refractivity contribution is -0.117. The molecule has 0 unspecified atom stereocenters. The number of benzene rings is 2. The fourth-order valence-corrected chi connectivity index (χ4v) is 2.89. The van der Waals surface area contributed by atoms with E-state index in [2.05, 4.69) is 5.32 Å². The highest BCUT2D eigenvalue weighted by Crippen LogP contribution is 2.30. The smallest absolute Gasteiger partial charge is 0.258 e. The van der Waals surface area contributed by atoms with Crippen LogP contribution in [0.25, 0.3) is 0 Å². The summed E-state index contributed by atoms with van der Waals surface area (Å²) in [6.07, 6.45) is 3.52. The summed E-state index contributed by atoms with van der Waals surface area (Å²) in [4.78, 5) is 26.7. The summed E-state index contributed by atoms with van der Waals surface area (Å²) in [6, 6.07) is 20.2. The number of para-hydroxylation sites is 1. The van der Waals surface area contributed by atoms with Gasteiger partial charge in [-0.15, -0.1) is 0 Å². The molecule has 1 fully saturated rings. The maximum Gasteiger partial charge on any atom is 0.258 e. The largest absolute Gasteiger partial charge is 0.467 e. The summed E-state index contributed by atoms with van der Waals surface area (Å²) in [5.41, 5.74) is 2.06. The van der Waals surface area contributed by atoms with Gasteiger partial charge in [-0.05, 0) is 61.4 Å². The molecule has 1 aromatic heterocycles. The second-order valence-corrected chi connectivity index (χ2v) is 6.65. The van der Waals surface area contributed by atoms with Crippen LogP contribution < -0.4 is 10.2 Å². The summed E-state index contributed by atoms with van der Waals surface area (Å²) in [7, 11) is 0. The first-order valence-electron chi connectivity index (χ1n) is 9.01. The number of rotatable bonds is 6. The van der Waals surface area contributed by atoms with Crippen molar-refractivity contribution < 1.29 is 14.0 Å². The predicted molar refractivity (Wildman–Crippen MR) is 103 cm³/mol. The Hall–Kier alpha value is -3.34. The van der Waals surface area contributed by atoms with E-state index in [4.69, 9.17) is 4.42 Å². The number of nitrogens with zero attached hydrogens (tertiary/aromatic N) is 1. The maximum atomic E-state index is 13.1. The van der Waals surface area contributed by atoms with Gasteiger partial charge in [0, 0.05) is 22.9 Å². The summed E-state index contributed by atoms with van der Waals surface area (Å²) >= 11 is 0. The molecule has 2 aromatic carbocycles. The van der Waals surface area contributed by atoms with E-state index in [0.29, 0.717) is 23.6 Å². The highest BCUT2D eigenvalue weighted by molar-refractivity contribution is 6.06. The molecule has 3 aromatic rings. The Morgan fingerprint density at radius 1 is 0.963 bits per heavy atom. The van der Waals surface area contributed by atoms with Gasteiger partial charge in [-0.1, -0.05) is 18.2 Å². The van der Waals surface area contributed by atoms with Gasteiger partial charge < -0.3 is 14.6 Å². The van der Waals surface area contributed by atoms with E-state index in [-0.39, 0.29) is 17.7 Å². The molecule has 0 atom stereocenters. The van der Waals surface area contributed by atoms with Gasteiger partial charge in [0.05, 0.1) is 12.8 Å². The summed E-state index contributed by atoms with van der Waals surface area (Å²) < 4.78 is 5.42. The van der Waals surface area contributed by atoms with E-state index in [0.717, 1.165) is 18.5 Å². The highest BCUT2D eigenvalue weighted by atomic mass is 16.3. The van der Waals surface area contributed by atoms with Crippen molar-refractivity contribution in [2.75, 3.05) is 10.2 Å². The highest BCUT2D eigenvalue weighted by Gasteiger charge is 2.29. The third-order valence-corrected chi connectivity index (χ3v) is 4.55. The Morgan fingerprint density at radius 2 is 1.70 bits per heavy atom. The third-order valence-electron chi connectivity index (χ3n) is 4.55. The number of carbonyl (C=O) groups excluding carboxylic acids is 2. The van der Waals surface area contributed by atoms with Crippen LogP contribution in [0.15, 0.2) is 77.4 Å². The lowest BCUT2D eigenvalue weighted by atomic mass is 10.1. The van der Waals surface area contributed by atoms with Crippen LogP contribution >= 0.6 is 0 Å². The van der Waals surface area contributed by atoms with Crippen LogP contribution in [0.2, 0.25) is 0 Å². The van der Waals surface area contributed by atoms with Crippen molar-refractivity contribution in [1.29, 1.82) is 0 Å². The summed E-state index contributed by atoms with van der Waals surface area (Å²) in [5, 5.41) is 2.89. The Labute approximate surface area is 157 Å². The molecular formula is C22H20N2O3. The quantitative estimate of drug-likeness (QED) is 0.705. The minimum atomic E-state index is -0.127. The van der Waals surface area contributed by atoms with Crippen LogP contribution in [0.5, 0.6) is 0 Å². The monoisotopic (exact) mass is 360 g/mol. The first-order chi connectivity index (χ1) is 13.2. The third kappa shape index (κ3) is 4.08. The van der Waals surface area contributed by atoms with Crippen LogP contribution in [0.4, 0.5) is 11.4 Å². The average Bonchev–Trinajstić information content (AvgIpc) is 3.44. The summed E-state index contributed by atoms with van der Waals surface area (Å²) in [6.45, 7) is 0.343. The number of hydrogen-bond donors (Lipinski definition) is 1. The van der Waals surface area contributed by atoms with E-state index < -0.39 is 0 Å². The van der Waals surface area contributed by atoms with E-state index in [1.807, 2.05) is 36.4 Å². The first-order valence-corrected chi connectivity index (χ1v) is 9.01. The van der Waals surface area contributed by atoms with Gasteiger partial charge in [-0.25, -0.2) is 0 Å². The minimum absolute atomic E-state index is 0.0535. The van der Waals surface area contributed by atoms with E-state index in [9.17, 15) is 9.59 Å². The Bertz CT molecular complexity index is 914. The van der Waals surface area contributed by atoms with Crippen molar-refractivity contribution in [3.05, 3.63) is 84.3 Å². The molecule has 0 bridgehead atoms. The minimum Gasteiger partial charge on any atom is -0.467 e. The molecule has 0 radical (unpaired) electrons. The molecule has 2 amide bonds. The SMILES string of the molecule is O=C(Nc1ccc(C(=O)N(Cc2ccco2)c2ccccc2)cc1)C1CC1. The second kappa shape index (κ2) is 7.50. The molecule has 27 heavy (non-hydrogen) atoms. The molecule has 1 heterocycles. The van der Waals surface area contributed by atoms with Gasteiger partial charge in [0.2, 0.25) is 5.91 Å². The molecule has 0 saturated heterocycles. The molecule has 1 saturated carbocycles. The van der Waals surface area contributed by atoms with Crippen LogP contribution in [0.3, 0.4) is 0 Å². The molecule has 4 rings (SSSR count). The van der Waals surface area contributed by atoms with Crippen molar-refractivity contribution in [2.24, 2.45) is 5.92 Å². The summed E-state index contributed by atoms with van der Waals surface area (Å²) in [5.74, 6) is 0.782. The van der Waals surface area contributed by atoms with E-state index >= 15 is 0 Å². The fraction of sp³-hybridized carbons (Fsp3) is 0.182. The topological polar surface area (TPSA) is 62.6 Å². The molecule has 1 N–H and O–H groups in total. The van der Waals surface area contributed by atoms with Gasteiger partial charge in [0.25, 0.3) is 5.91 Å². The number of anilines is 2. The Balaban J connectivity index is 1.54. The van der Waals surface area contributed by atoms with Crippen LogP contribution in [-0.4, -0.2) is 11.8 Å². The van der Waals surface area contributed by atoms with Crippen LogP contribution in [0.1, 0.15) is 29.0 Å². The van der Waals surface area contributed by atoms with Crippen LogP contribution in [0, 0.1) is 5.92 Å². The average molecular weight is 360 g/mol. The first kappa shape index (κ1) is 17.1.